The molecule has 0 radical (unpaired) electrons. The van der Waals surface area contributed by atoms with E-state index in [4.69, 9.17) is 5.73 Å². The Morgan fingerprint density at radius 3 is 2.28 bits per heavy atom. The summed E-state index contributed by atoms with van der Waals surface area (Å²) in [7, 11) is 0. The van der Waals surface area contributed by atoms with Gasteiger partial charge in [0.1, 0.15) is 0 Å². The Labute approximate surface area is 182 Å². The minimum Gasteiger partial charge on any atom is -0.369 e. The van der Waals surface area contributed by atoms with Crippen LogP contribution in [0.15, 0.2) is 71.9 Å². The van der Waals surface area contributed by atoms with E-state index < -0.39 is 11.7 Å². The Kier molecular flexibility index (Phi) is 5.81. The van der Waals surface area contributed by atoms with Crippen LogP contribution in [-0.4, -0.2) is 16.9 Å². The molecule has 2 aromatic carbocycles. The number of alkyl halides is 3. The molecular formula is C23H20F3N5O. The third-order valence-electron chi connectivity index (χ3n) is 4.91. The predicted molar refractivity (Wildman–Crippen MR) is 117 cm³/mol. The number of hydrogen-bond acceptors (Lipinski definition) is 3. The Morgan fingerprint density at radius 1 is 0.969 bits per heavy atom. The van der Waals surface area contributed by atoms with Gasteiger partial charge in [0, 0.05) is 23.4 Å². The van der Waals surface area contributed by atoms with Crippen molar-refractivity contribution in [3.8, 4) is 11.1 Å². The van der Waals surface area contributed by atoms with Crippen LogP contribution in [0.1, 0.15) is 18.4 Å². The van der Waals surface area contributed by atoms with E-state index in [1.54, 1.807) is 18.3 Å². The highest BCUT2D eigenvalue weighted by Crippen LogP contribution is 2.34. The van der Waals surface area contributed by atoms with Gasteiger partial charge in [0.05, 0.1) is 11.3 Å². The molecule has 0 bridgehead atoms. The Morgan fingerprint density at radius 2 is 1.66 bits per heavy atom. The number of amides is 1. The summed E-state index contributed by atoms with van der Waals surface area (Å²) >= 11 is 0. The van der Waals surface area contributed by atoms with Gasteiger partial charge in [-0.25, -0.2) is 4.98 Å². The number of nitrogens with two attached hydrogens (primary N) is 1. The first-order valence-corrected chi connectivity index (χ1v) is 9.94. The molecule has 1 heterocycles. The van der Waals surface area contributed by atoms with Crippen molar-refractivity contribution in [1.82, 2.24) is 4.98 Å². The van der Waals surface area contributed by atoms with Crippen LogP contribution in [0.4, 0.5) is 30.4 Å². The van der Waals surface area contributed by atoms with E-state index in [0.29, 0.717) is 0 Å². The number of aromatic nitrogens is 1. The number of pyridine rings is 1. The lowest BCUT2D eigenvalue weighted by Gasteiger charge is -2.13. The van der Waals surface area contributed by atoms with Crippen LogP contribution in [0, 0.1) is 5.92 Å². The quantitative estimate of drug-likeness (QED) is 0.378. The van der Waals surface area contributed by atoms with Crippen molar-refractivity contribution >= 4 is 29.1 Å². The van der Waals surface area contributed by atoms with E-state index >= 15 is 0 Å². The molecule has 0 aliphatic heterocycles. The van der Waals surface area contributed by atoms with Crippen LogP contribution in [0.3, 0.4) is 0 Å². The van der Waals surface area contributed by atoms with E-state index in [9.17, 15) is 18.0 Å². The molecule has 0 unspecified atom stereocenters. The van der Waals surface area contributed by atoms with Crippen LogP contribution in [0.25, 0.3) is 11.1 Å². The number of para-hydroxylation sites is 1. The number of aliphatic imine (C=N–C) groups is 1. The largest absolute Gasteiger partial charge is 0.418 e. The normalized spacial score (nSPS) is 14.2. The molecule has 1 amide bonds. The van der Waals surface area contributed by atoms with Gasteiger partial charge in [-0.3, -0.25) is 4.79 Å². The van der Waals surface area contributed by atoms with E-state index in [0.717, 1.165) is 35.7 Å². The Hall–Kier alpha value is -3.88. The molecule has 0 spiro atoms. The summed E-state index contributed by atoms with van der Waals surface area (Å²) in [5, 5.41) is 5.36. The zero-order chi connectivity index (χ0) is 22.7. The molecular weight excluding hydrogens is 419 g/mol. The Bertz CT molecular complexity index is 1140. The smallest absolute Gasteiger partial charge is 0.369 e. The molecule has 0 saturated heterocycles. The zero-order valence-electron chi connectivity index (χ0n) is 16.9. The first-order valence-electron chi connectivity index (χ1n) is 9.94. The number of benzene rings is 2. The van der Waals surface area contributed by atoms with Crippen molar-refractivity contribution in [3.63, 3.8) is 0 Å². The lowest BCUT2D eigenvalue weighted by atomic mass is 10.1. The molecule has 32 heavy (non-hydrogen) atoms. The molecule has 9 heteroatoms. The second-order valence-corrected chi connectivity index (χ2v) is 7.41. The molecule has 0 atom stereocenters. The molecule has 1 saturated carbocycles. The van der Waals surface area contributed by atoms with Gasteiger partial charge in [0.2, 0.25) is 5.91 Å². The summed E-state index contributed by atoms with van der Waals surface area (Å²) in [6.45, 7) is 0. The maximum Gasteiger partial charge on any atom is 0.418 e. The standard InChI is InChI=1S/C23H20F3N5O/c24-23(25,26)18-3-1-2-4-19(18)30-22(27)31-20-12-9-16(13-28-20)14-7-10-17(11-8-14)29-21(32)15-5-6-15/h1-4,7-13,15H,5-6H2,(H,29,32)(H3,27,28,30,31). The van der Waals surface area contributed by atoms with Crippen LogP contribution in [-0.2, 0) is 11.0 Å². The molecule has 164 valence electrons. The monoisotopic (exact) mass is 439 g/mol. The van der Waals surface area contributed by atoms with Crippen molar-refractivity contribution in [3.05, 3.63) is 72.4 Å². The van der Waals surface area contributed by atoms with Crippen LogP contribution in [0.5, 0.6) is 0 Å². The minimum atomic E-state index is -4.51. The average Bonchev–Trinajstić information content (AvgIpc) is 3.60. The van der Waals surface area contributed by atoms with Crippen LogP contribution >= 0.6 is 0 Å². The second-order valence-electron chi connectivity index (χ2n) is 7.41. The predicted octanol–water partition coefficient (Wildman–Crippen LogP) is 5.17. The number of anilines is 2. The maximum absolute atomic E-state index is 13.1. The summed E-state index contributed by atoms with van der Waals surface area (Å²) in [4.78, 5) is 20.1. The van der Waals surface area contributed by atoms with Crippen LogP contribution in [0.2, 0.25) is 0 Å². The molecule has 1 aliphatic carbocycles. The molecule has 4 N–H and O–H groups in total. The number of carbonyl (C=O) groups is 1. The molecule has 1 fully saturated rings. The number of carbonyl (C=O) groups excluding carboxylic acids is 1. The van der Waals surface area contributed by atoms with Gasteiger partial charge in [0.15, 0.2) is 11.8 Å². The van der Waals surface area contributed by atoms with E-state index in [2.05, 4.69) is 20.6 Å². The van der Waals surface area contributed by atoms with Gasteiger partial charge in [-0.2, -0.15) is 18.2 Å². The number of rotatable bonds is 5. The van der Waals surface area contributed by atoms with Gasteiger partial charge in [0.25, 0.3) is 0 Å². The summed E-state index contributed by atoms with van der Waals surface area (Å²) in [6.07, 6.45) is -1.04. The highest BCUT2D eigenvalue weighted by Gasteiger charge is 2.33. The number of halogens is 3. The fourth-order valence-corrected chi connectivity index (χ4v) is 3.09. The summed E-state index contributed by atoms with van der Waals surface area (Å²) in [5.74, 6) is 0.218. The lowest BCUT2D eigenvalue weighted by molar-refractivity contribution is -0.136. The van der Waals surface area contributed by atoms with E-state index in [1.165, 1.54) is 18.2 Å². The van der Waals surface area contributed by atoms with Crippen molar-refractivity contribution in [1.29, 1.82) is 0 Å². The summed E-state index contributed by atoms with van der Waals surface area (Å²) in [5.41, 5.74) is 7.20. The van der Waals surface area contributed by atoms with Gasteiger partial charge in [-0.1, -0.05) is 24.3 Å². The van der Waals surface area contributed by atoms with Crippen molar-refractivity contribution in [2.75, 3.05) is 10.6 Å². The van der Waals surface area contributed by atoms with Crippen LogP contribution < -0.4 is 16.4 Å². The van der Waals surface area contributed by atoms with E-state index in [-0.39, 0.29) is 29.3 Å². The summed E-state index contributed by atoms with van der Waals surface area (Å²) in [6, 6.07) is 15.8. The third-order valence-corrected chi connectivity index (χ3v) is 4.91. The highest BCUT2D eigenvalue weighted by molar-refractivity contribution is 5.95. The first kappa shape index (κ1) is 21.4. The molecule has 1 aromatic heterocycles. The highest BCUT2D eigenvalue weighted by atomic mass is 19.4. The summed E-state index contributed by atoms with van der Waals surface area (Å²) < 4.78 is 39.3. The number of guanidine groups is 1. The fraction of sp³-hybridized carbons (Fsp3) is 0.174. The number of nitrogens with one attached hydrogen (secondary N) is 2. The van der Waals surface area contributed by atoms with E-state index in [1.807, 2.05) is 24.3 Å². The fourth-order valence-electron chi connectivity index (χ4n) is 3.09. The number of nitrogens with zero attached hydrogens (tertiary/aromatic N) is 2. The SMILES string of the molecule is NC(=Nc1ccc(-c2ccc(NC(=O)C3CC3)cc2)cn1)Nc1ccccc1C(F)(F)F. The first-order chi connectivity index (χ1) is 15.3. The third kappa shape index (κ3) is 5.23. The van der Waals surface area contributed by atoms with Crippen molar-refractivity contribution in [2.45, 2.75) is 19.0 Å². The lowest BCUT2D eigenvalue weighted by Crippen LogP contribution is -2.24. The molecule has 4 rings (SSSR count). The zero-order valence-corrected chi connectivity index (χ0v) is 16.9. The van der Waals surface area contributed by atoms with Crippen molar-refractivity contribution < 1.29 is 18.0 Å². The van der Waals surface area contributed by atoms with Gasteiger partial charge in [-0.15, -0.1) is 0 Å². The molecule has 3 aromatic rings. The second kappa shape index (κ2) is 8.70. The van der Waals surface area contributed by atoms with Crippen molar-refractivity contribution in [2.24, 2.45) is 16.6 Å². The molecule has 1 aliphatic rings. The Balaban J connectivity index is 1.43. The average molecular weight is 439 g/mol. The van der Waals surface area contributed by atoms with Gasteiger partial charge in [-0.05, 0) is 54.8 Å². The maximum atomic E-state index is 13.1. The minimum absolute atomic E-state index is 0.0469. The topological polar surface area (TPSA) is 92.4 Å². The molecule has 6 nitrogen and oxygen atoms in total. The van der Waals surface area contributed by atoms with Gasteiger partial charge >= 0.3 is 6.18 Å². The van der Waals surface area contributed by atoms with Gasteiger partial charge < -0.3 is 16.4 Å². The number of hydrogen-bond donors (Lipinski definition) is 3.